The third kappa shape index (κ3) is 2.75. The van der Waals surface area contributed by atoms with E-state index in [1.165, 1.54) is 0 Å². The molecule has 54 valence electrons. The molecule has 0 aromatic rings. The summed E-state index contributed by atoms with van der Waals surface area (Å²) in [7, 11) is 1.75. The Bertz CT molecular complexity index is 105. The highest BCUT2D eigenvalue weighted by atomic mass is 32.1. The zero-order chi connectivity index (χ0) is 7.44. The molecule has 0 aromatic heterocycles. The van der Waals surface area contributed by atoms with Crippen LogP contribution in [0.15, 0.2) is 0 Å². The number of carbonyl (C=O) groups excluding carboxylic acids is 1. The van der Waals surface area contributed by atoms with E-state index in [0.29, 0.717) is 6.04 Å². The van der Waals surface area contributed by atoms with Crippen LogP contribution in [0.1, 0.15) is 20.3 Å². The molecular formula is C6H13NOS. The minimum absolute atomic E-state index is 0.163. The molecule has 0 aromatic carbocycles. The summed E-state index contributed by atoms with van der Waals surface area (Å²) in [5.74, 6) is 0. The van der Waals surface area contributed by atoms with Crippen molar-refractivity contribution in [3.05, 3.63) is 0 Å². The van der Waals surface area contributed by atoms with Crippen molar-refractivity contribution < 1.29 is 4.79 Å². The smallest absolute Gasteiger partial charge is 0.278 e. The summed E-state index contributed by atoms with van der Waals surface area (Å²) in [5, 5.41) is -0.163. The van der Waals surface area contributed by atoms with Crippen LogP contribution in [0.25, 0.3) is 0 Å². The molecule has 3 heteroatoms. The molecule has 1 unspecified atom stereocenters. The Balaban J connectivity index is 3.72. The van der Waals surface area contributed by atoms with Crippen LogP contribution in [0.2, 0.25) is 0 Å². The summed E-state index contributed by atoms with van der Waals surface area (Å²) < 4.78 is 0. The highest BCUT2D eigenvalue weighted by Gasteiger charge is 2.08. The summed E-state index contributed by atoms with van der Waals surface area (Å²) in [6, 6.07) is 0.301. The molecular weight excluding hydrogens is 134 g/mol. The fourth-order valence-corrected chi connectivity index (χ4v) is 0.660. The van der Waals surface area contributed by atoms with Crippen LogP contribution < -0.4 is 0 Å². The molecule has 0 fully saturated rings. The lowest BCUT2D eigenvalue weighted by atomic mass is 10.2. The molecule has 0 N–H and O–H groups in total. The van der Waals surface area contributed by atoms with Gasteiger partial charge in [0.15, 0.2) is 0 Å². The van der Waals surface area contributed by atoms with Crippen molar-refractivity contribution in [3.8, 4) is 0 Å². The van der Waals surface area contributed by atoms with Gasteiger partial charge in [0.25, 0.3) is 5.24 Å². The molecule has 0 aliphatic rings. The molecule has 9 heavy (non-hydrogen) atoms. The Kier molecular flexibility index (Phi) is 3.70. The quantitative estimate of drug-likeness (QED) is 0.590. The van der Waals surface area contributed by atoms with Crippen molar-refractivity contribution in [2.45, 2.75) is 26.3 Å². The lowest BCUT2D eigenvalue weighted by molar-refractivity contribution is 0.218. The summed E-state index contributed by atoms with van der Waals surface area (Å²) in [6.45, 7) is 4.03. The molecule has 0 bridgehead atoms. The second-order valence-electron chi connectivity index (χ2n) is 2.15. The molecule has 0 saturated heterocycles. The number of rotatable bonds is 2. The Morgan fingerprint density at radius 1 is 1.78 bits per heavy atom. The van der Waals surface area contributed by atoms with Crippen molar-refractivity contribution in [1.82, 2.24) is 4.90 Å². The van der Waals surface area contributed by atoms with E-state index in [-0.39, 0.29) is 5.24 Å². The first kappa shape index (κ1) is 8.82. The predicted octanol–water partition coefficient (Wildman–Crippen LogP) is 1.77. The first-order chi connectivity index (χ1) is 4.09. The van der Waals surface area contributed by atoms with Crippen molar-refractivity contribution in [2.24, 2.45) is 0 Å². The molecule has 0 saturated carbocycles. The largest absolute Gasteiger partial charge is 0.334 e. The molecule has 1 amide bonds. The first-order valence-electron chi connectivity index (χ1n) is 3.05. The maximum Gasteiger partial charge on any atom is 0.278 e. The Morgan fingerprint density at radius 2 is 2.22 bits per heavy atom. The van der Waals surface area contributed by atoms with Gasteiger partial charge in [-0.25, -0.2) is 0 Å². The fourth-order valence-electron chi connectivity index (χ4n) is 0.462. The van der Waals surface area contributed by atoms with Gasteiger partial charge in [0.1, 0.15) is 0 Å². The number of hydrogen-bond acceptors (Lipinski definition) is 1. The number of carbonyl (C=O) groups is 1. The zero-order valence-corrected chi connectivity index (χ0v) is 6.98. The highest BCUT2D eigenvalue weighted by molar-refractivity contribution is 7.96. The van der Waals surface area contributed by atoms with E-state index in [1.54, 1.807) is 11.9 Å². The van der Waals surface area contributed by atoms with E-state index in [0.717, 1.165) is 6.42 Å². The molecule has 2 nitrogen and oxygen atoms in total. The van der Waals surface area contributed by atoms with Gasteiger partial charge in [-0.3, -0.25) is 4.79 Å². The number of thiol groups is 1. The van der Waals surface area contributed by atoms with Gasteiger partial charge < -0.3 is 4.90 Å². The van der Waals surface area contributed by atoms with E-state index in [9.17, 15) is 4.79 Å². The number of hydrogen-bond donors (Lipinski definition) is 1. The van der Waals surface area contributed by atoms with Crippen LogP contribution in [0.3, 0.4) is 0 Å². The predicted molar refractivity (Wildman–Crippen MR) is 41.9 cm³/mol. The number of nitrogens with zero attached hydrogens (tertiary/aromatic N) is 1. The minimum Gasteiger partial charge on any atom is -0.334 e. The first-order valence-corrected chi connectivity index (χ1v) is 3.50. The number of amides is 1. The lowest BCUT2D eigenvalue weighted by Gasteiger charge is -2.20. The summed E-state index contributed by atoms with van der Waals surface area (Å²) in [4.78, 5) is 12.1. The van der Waals surface area contributed by atoms with Gasteiger partial charge in [-0.1, -0.05) is 19.6 Å². The minimum atomic E-state index is -0.163. The monoisotopic (exact) mass is 147 g/mol. The van der Waals surface area contributed by atoms with E-state index in [1.807, 2.05) is 13.8 Å². The van der Waals surface area contributed by atoms with Crippen molar-refractivity contribution in [1.29, 1.82) is 0 Å². The Labute approximate surface area is 61.6 Å². The van der Waals surface area contributed by atoms with E-state index in [4.69, 9.17) is 0 Å². The van der Waals surface area contributed by atoms with Crippen LogP contribution in [0.5, 0.6) is 0 Å². The lowest BCUT2D eigenvalue weighted by Crippen LogP contribution is -2.30. The van der Waals surface area contributed by atoms with Crippen molar-refractivity contribution >= 4 is 17.9 Å². The molecule has 0 rings (SSSR count). The molecule has 0 aliphatic heterocycles. The van der Waals surface area contributed by atoms with Gasteiger partial charge in [-0.2, -0.15) is 0 Å². The Hall–Kier alpha value is -0.180. The highest BCUT2D eigenvalue weighted by Crippen LogP contribution is 2.02. The third-order valence-electron chi connectivity index (χ3n) is 1.55. The SMILES string of the molecule is CCC(C)N(C)C(=O)S. The van der Waals surface area contributed by atoms with E-state index >= 15 is 0 Å². The average Bonchev–Trinajstić information content (AvgIpc) is 1.84. The molecule has 1 atom stereocenters. The van der Waals surface area contributed by atoms with Crippen LogP contribution in [-0.4, -0.2) is 23.2 Å². The molecule has 0 heterocycles. The van der Waals surface area contributed by atoms with Crippen molar-refractivity contribution in [3.63, 3.8) is 0 Å². The normalized spacial score (nSPS) is 12.9. The van der Waals surface area contributed by atoms with Gasteiger partial charge in [0.05, 0.1) is 0 Å². The van der Waals surface area contributed by atoms with Crippen LogP contribution in [0.4, 0.5) is 4.79 Å². The summed E-state index contributed by atoms with van der Waals surface area (Å²) in [6.07, 6.45) is 0.975. The average molecular weight is 147 g/mol. The van der Waals surface area contributed by atoms with E-state index < -0.39 is 0 Å². The molecule has 0 spiro atoms. The maximum absolute atomic E-state index is 10.5. The summed E-state index contributed by atoms with van der Waals surface area (Å²) in [5.41, 5.74) is 0. The molecule has 0 aliphatic carbocycles. The van der Waals surface area contributed by atoms with Crippen LogP contribution in [-0.2, 0) is 0 Å². The second kappa shape index (κ2) is 3.77. The van der Waals surface area contributed by atoms with Gasteiger partial charge in [0, 0.05) is 13.1 Å². The zero-order valence-electron chi connectivity index (χ0n) is 6.09. The summed E-state index contributed by atoms with van der Waals surface area (Å²) >= 11 is 3.67. The van der Waals surface area contributed by atoms with Gasteiger partial charge in [-0.05, 0) is 13.3 Å². The molecule has 0 radical (unpaired) electrons. The van der Waals surface area contributed by atoms with Crippen LogP contribution >= 0.6 is 12.6 Å². The fraction of sp³-hybridized carbons (Fsp3) is 0.833. The van der Waals surface area contributed by atoms with E-state index in [2.05, 4.69) is 12.6 Å². The third-order valence-corrected chi connectivity index (χ3v) is 1.87. The van der Waals surface area contributed by atoms with Gasteiger partial charge in [-0.15, -0.1) is 0 Å². The van der Waals surface area contributed by atoms with Gasteiger partial charge >= 0.3 is 0 Å². The standard InChI is InChI=1S/C6H13NOS/c1-4-5(2)7(3)6(8)9/h5H,4H2,1-3H3,(H,8,9). The topological polar surface area (TPSA) is 20.3 Å². The van der Waals surface area contributed by atoms with Crippen LogP contribution in [0, 0.1) is 0 Å². The van der Waals surface area contributed by atoms with Gasteiger partial charge in [0.2, 0.25) is 0 Å². The maximum atomic E-state index is 10.5. The second-order valence-corrected chi connectivity index (χ2v) is 2.53. The van der Waals surface area contributed by atoms with Crippen molar-refractivity contribution in [2.75, 3.05) is 7.05 Å². The Morgan fingerprint density at radius 3 is 2.33 bits per heavy atom.